The van der Waals surface area contributed by atoms with Crippen molar-refractivity contribution < 1.29 is 0 Å². The van der Waals surface area contributed by atoms with Gasteiger partial charge in [0.25, 0.3) is 0 Å². The molecule has 2 aliphatic heterocycles. The molecular weight excluding hydrogens is 266 g/mol. The van der Waals surface area contributed by atoms with Crippen molar-refractivity contribution in [3.8, 4) is 0 Å². The van der Waals surface area contributed by atoms with Crippen LogP contribution in [0.15, 0.2) is 6.33 Å². The maximum Gasteiger partial charge on any atom is 0.183 e. The van der Waals surface area contributed by atoms with E-state index in [2.05, 4.69) is 30.2 Å². The fourth-order valence-corrected chi connectivity index (χ4v) is 3.68. The first-order chi connectivity index (χ1) is 10.3. The molecule has 0 radical (unpaired) electrons. The van der Waals surface area contributed by atoms with Gasteiger partial charge in [-0.05, 0) is 45.3 Å². The molecule has 112 valence electrons. The van der Waals surface area contributed by atoms with E-state index in [1.165, 1.54) is 25.6 Å². The second-order valence-corrected chi connectivity index (χ2v) is 5.96. The molecule has 2 fully saturated rings. The Morgan fingerprint density at radius 3 is 2.86 bits per heavy atom. The van der Waals surface area contributed by atoms with E-state index < -0.39 is 0 Å². The minimum Gasteiger partial charge on any atom is -0.382 e. The van der Waals surface area contributed by atoms with E-state index in [0.717, 1.165) is 37.4 Å². The summed E-state index contributed by atoms with van der Waals surface area (Å²) in [5, 5.41) is 3.44. The minimum atomic E-state index is 0.363. The van der Waals surface area contributed by atoms with Crippen LogP contribution in [-0.2, 0) is 0 Å². The largest absolute Gasteiger partial charge is 0.382 e. The van der Waals surface area contributed by atoms with Gasteiger partial charge in [-0.15, -0.1) is 0 Å². The first kappa shape index (κ1) is 13.0. The number of nitrogens with two attached hydrogens (primary N) is 1. The van der Waals surface area contributed by atoms with Crippen LogP contribution >= 0.6 is 0 Å². The Hall–Kier alpha value is -1.73. The summed E-state index contributed by atoms with van der Waals surface area (Å²) in [4.78, 5) is 18.9. The molecule has 21 heavy (non-hydrogen) atoms. The van der Waals surface area contributed by atoms with Crippen molar-refractivity contribution in [1.29, 1.82) is 0 Å². The topological polar surface area (TPSA) is 95.8 Å². The molecule has 1 unspecified atom stereocenters. The van der Waals surface area contributed by atoms with Gasteiger partial charge in [0, 0.05) is 6.04 Å². The first-order valence-corrected chi connectivity index (χ1v) is 7.75. The van der Waals surface area contributed by atoms with E-state index in [1.807, 2.05) is 0 Å². The molecule has 0 spiro atoms. The van der Waals surface area contributed by atoms with Crippen LogP contribution < -0.4 is 11.1 Å². The highest BCUT2D eigenvalue weighted by molar-refractivity contribution is 5.81. The fraction of sp³-hybridized carbons (Fsp3) is 0.643. The number of nitrogens with one attached hydrogen (secondary N) is 2. The van der Waals surface area contributed by atoms with Crippen molar-refractivity contribution in [2.75, 3.05) is 25.4 Å². The van der Waals surface area contributed by atoms with Crippen molar-refractivity contribution in [3.05, 3.63) is 12.2 Å². The van der Waals surface area contributed by atoms with Gasteiger partial charge in [0.1, 0.15) is 17.7 Å². The second-order valence-electron chi connectivity index (χ2n) is 5.96. The number of aromatic nitrogens is 4. The molecule has 4 heterocycles. The van der Waals surface area contributed by atoms with Crippen LogP contribution in [0, 0.1) is 0 Å². The number of nitrogen functional groups attached to an aromatic ring is 1. The SMILES string of the molecule is Nc1ncnc2nc(C3CCCN3C3CCNCC3)[nH]c12. The van der Waals surface area contributed by atoms with E-state index in [9.17, 15) is 0 Å². The second kappa shape index (κ2) is 5.23. The molecule has 0 amide bonds. The van der Waals surface area contributed by atoms with Gasteiger partial charge in [0.2, 0.25) is 0 Å². The molecule has 0 saturated carbocycles. The summed E-state index contributed by atoms with van der Waals surface area (Å²) in [5.74, 6) is 1.47. The number of anilines is 1. The number of imidazole rings is 1. The number of fused-ring (bicyclic) bond motifs is 1. The third-order valence-electron chi connectivity index (χ3n) is 4.72. The van der Waals surface area contributed by atoms with E-state index in [0.29, 0.717) is 23.5 Å². The Balaban J connectivity index is 1.64. The molecule has 7 nitrogen and oxygen atoms in total. The Morgan fingerprint density at radius 1 is 1.19 bits per heavy atom. The summed E-state index contributed by atoms with van der Waals surface area (Å²) in [5.41, 5.74) is 7.35. The van der Waals surface area contributed by atoms with Crippen LogP contribution in [0.4, 0.5) is 5.82 Å². The van der Waals surface area contributed by atoms with Crippen molar-refractivity contribution in [2.24, 2.45) is 0 Å². The number of hydrogen-bond donors (Lipinski definition) is 3. The van der Waals surface area contributed by atoms with Gasteiger partial charge < -0.3 is 16.0 Å². The van der Waals surface area contributed by atoms with Gasteiger partial charge >= 0.3 is 0 Å². The average Bonchev–Trinajstić information content (AvgIpc) is 3.15. The van der Waals surface area contributed by atoms with E-state index >= 15 is 0 Å². The number of H-pyrrole nitrogens is 1. The summed E-state index contributed by atoms with van der Waals surface area (Å²) in [6.45, 7) is 3.40. The lowest BCUT2D eigenvalue weighted by molar-refractivity contribution is 0.144. The molecule has 0 aliphatic carbocycles. The van der Waals surface area contributed by atoms with Crippen molar-refractivity contribution >= 4 is 17.0 Å². The Bertz CT molecular complexity index is 631. The van der Waals surface area contributed by atoms with Gasteiger partial charge in [-0.2, -0.15) is 0 Å². The molecule has 2 aromatic rings. The maximum atomic E-state index is 5.90. The predicted molar refractivity (Wildman–Crippen MR) is 80.7 cm³/mol. The molecule has 0 aromatic carbocycles. The van der Waals surface area contributed by atoms with Crippen LogP contribution in [0.5, 0.6) is 0 Å². The molecule has 4 N–H and O–H groups in total. The van der Waals surface area contributed by atoms with Gasteiger partial charge in [-0.25, -0.2) is 15.0 Å². The highest BCUT2D eigenvalue weighted by Gasteiger charge is 2.34. The predicted octanol–water partition coefficient (Wildman–Crippen LogP) is 0.824. The zero-order chi connectivity index (χ0) is 14.2. The highest BCUT2D eigenvalue weighted by atomic mass is 15.2. The van der Waals surface area contributed by atoms with Crippen LogP contribution in [0.1, 0.15) is 37.5 Å². The van der Waals surface area contributed by atoms with Crippen LogP contribution in [0.3, 0.4) is 0 Å². The fourth-order valence-electron chi connectivity index (χ4n) is 3.68. The third-order valence-corrected chi connectivity index (χ3v) is 4.72. The average molecular weight is 287 g/mol. The third kappa shape index (κ3) is 2.26. The molecule has 2 aromatic heterocycles. The number of likely N-dealkylation sites (tertiary alicyclic amines) is 1. The lowest BCUT2D eigenvalue weighted by Gasteiger charge is -2.35. The number of nitrogens with zero attached hydrogens (tertiary/aromatic N) is 4. The summed E-state index contributed by atoms with van der Waals surface area (Å²) in [6.07, 6.45) is 6.29. The van der Waals surface area contributed by atoms with Crippen molar-refractivity contribution in [2.45, 2.75) is 37.8 Å². The van der Waals surface area contributed by atoms with Crippen molar-refractivity contribution in [1.82, 2.24) is 30.2 Å². The van der Waals surface area contributed by atoms with Gasteiger partial charge in [0.15, 0.2) is 11.5 Å². The Morgan fingerprint density at radius 2 is 2.05 bits per heavy atom. The zero-order valence-corrected chi connectivity index (χ0v) is 12.0. The molecule has 2 saturated heterocycles. The summed E-state index contributed by atoms with van der Waals surface area (Å²) >= 11 is 0. The summed E-state index contributed by atoms with van der Waals surface area (Å²) in [7, 11) is 0. The van der Waals surface area contributed by atoms with Gasteiger partial charge in [-0.3, -0.25) is 4.90 Å². The maximum absolute atomic E-state index is 5.90. The minimum absolute atomic E-state index is 0.363. The van der Waals surface area contributed by atoms with Crippen LogP contribution in [0.2, 0.25) is 0 Å². The molecular formula is C14H21N7. The Labute approximate surface area is 123 Å². The molecule has 4 rings (SSSR count). The highest BCUT2D eigenvalue weighted by Crippen LogP contribution is 2.35. The van der Waals surface area contributed by atoms with Crippen molar-refractivity contribution in [3.63, 3.8) is 0 Å². The lowest BCUT2D eigenvalue weighted by Crippen LogP contribution is -2.42. The smallest absolute Gasteiger partial charge is 0.183 e. The number of piperidine rings is 1. The monoisotopic (exact) mass is 287 g/mol. The Kier molecular flexibility index (Phi) is 3.23. The first-order valence-electron chi connectivity index (χ1n) is 7.75. The van der Waals surface area contributed by atoms with Crippen LogP contribution in [0.25, 0.3) is 11.2 Å². The standard InChI is InChI=1S/C14H21N7/c15-12-11-14(18-8-17-12)20-13(19-11)10-2-1-7-21(10)9-3-5-16-6-4-9/h8-10,16H,1-7H2,(H3,15,17,18,19,20). The number of hydrogen-bond acceptors (Lipinski definition) is 6. The quantitative estimate of drug-likeness (QED) is 0.757. The van der Waals surface area contributed by atoms with E-state index in [1.54, 1.807) is 0 Å². The van der Waals surface area contributed by atoms with E-state index in [4.69, 9.17) is 5.73 Å². The summed E-state index contributed by atoms with van der Waals surface area (Å²) < 4.78 is 0. The lowest BCUT2D eigenvalue weighted by atomic mass is 10.0. The summed E-state index contributed by atoms with van der Waals surface area (Å²) in [6, 6.07) is 1.03. The van der Waals surface area contributed by atoms with Gasteiger partial charge in [-0.1, -0.05) is 0 Å². The molecule has 0 bridgehead atoms. The number of aromatic amines is 1. The number of rotatable bonds is 2. The van der Waals surface area contributed by atoms with E-state index in [-0.39, 0.29) is 0 Å². The van der Waals surface area contributed by atoms with Crippen LogP contribution in [-0.4, -0.2) is 50.5 Å². The van der Waals surface area contributed by atoms with Gasteiger partial charge in [0.05, 0.1) is 6.04 Å². The zero-order valence-electron chi connectivity index (χ0n) is 12.0. The molecule has 1 atom stereocenters. The molecule has 2 aliphatic rings. The molecule has 7 heteroatoms. The normalized spacial score (nSPS) is 24.9.